The summed E-state index contributed by atoms with van der Waals surface area (Å²) in [6, 6.07) is 9.30. The number of hydrogen-bond donors (Lipinski definition) is 2. The van der Waals surface area contributed by atoms with E-state index in [1.165, 1.54) is 0 Å². The Balaban J connectivity index is 2.35. The van der Waals surface area contributed by atoms with Crippen molar-refractivity contribution >= 4 is 49.1 Å². The predicted molar refractivity (Wildman–Crippen MR) is 90.1 cm³/mol. The molecule has 2 aromatic carbocycles. The van der Waals surface area contributed by atoms with E-state index in [-0.39, 0.29) is 5.91 Å². The van der Waals surface area contributed by atoms with E-state index in [2.05, 4.69) is 37.2 Å². The third-order valence-corrected chi connectivity index (χ3v) is 3.96. The molecule has 2 rings (SSSR count). The molecule has 0 saturated carbocycles. The van der Waals surface area contributed by atoms with Crippen molar-refractivity contribution in [2.24, 2.45) is 0 Å². The second kappa shape index (κ2) is 5.97. The third-order valence-electron chi connectivity index (χ3n) is 3.01. The van der Waals surface area contributed by atoms with E-state index >= 15 is 0 Å². The molecule has 0 fully saturated rings. The molecule has 0 aliphatic heterocycles. The Bertz CT molecular complexity index is 661. The molecule has 2 aromatic rings. The summed E-state index contributed by atoms with van der Waals surface area (Å²) in [7, 11) is 0. The van der Waals surface area contributed by atoms with Crippen LogP contribution in [-0.4, -0.2) is 5.91 Å². The Labute approximate surface area is 134 Å². The zero-order valence-electron chi connectivity index (χ0n) is 11.1. The maximum atomic E-state index is 12.4. The number of nitrogens with one attached hydrogen (secondary N) is 1. The van der Waals surface area contributed by atoms with Crippen LogP contribution in [0.3, 0.4) is 0 Å². The van der Waals surface area contributed by atoms with E-state index in [1.54, 1.807) is 12.1 Å². The molecule has 3 N–H and O–H groups in total. The van der Waals surface area contributed by atoms with Crippen LogP contribution in [0.15, 0.2) is 39.3 Å². The SMILES string of the molecule is Cc1ccc(Br)cc1C(=O)Nc1c(C)cc(Br)cc1N. The van der Waals surface area contributed by atoms with E-state index < -0.39 is 0 Å². The monoisotopic (exact) mass is 396 g/mol. The fourth-order valence-electron chi connectivity index (χ4n) is 1.96. The molecule has 0 unspecified atom stereocenters. The van der Waals surface area contributed by atoms with Crippen molar-refractivity contribution in [3.8, 4) is 0 Å². The van der Waals surface area contributed by atoms with Gasteiger partial charge in [0.15, 0.2) is 0 Å². The first-order valence-electron chi connectivity index (χ1n) is 6.01. The molecule has 0 aliphatic carbocycles. The number of amides is 1. The molecule has 3 nitrogen and oxygen atoms in total. The molecular weight excluding hydrogens is 384 g/mol. The minimum absolute atomic E-state index is 0.166. The highest BCUT2D eigenvalue weighted by Gasteiger charge is 2.13. The molecule has 104 valence electrons. The number of aryl methyl sites for hydroxylation is 2. The Hall–Kier alpha value is -1.33. The lowest BCUT2D eigenvalue weighted by Crippen LogP contribution is -2.15. The molecule has 20 heavy (non-hydrogen) atoms. The van der Waals surface area contributed by atoms with Crippen LogP contribution in [0.25, 0.3) is 0 Å². The Kier molecular flexibility index (Phi) is 4.50. The van der Waals surface area contributed by atoms with E-state index in [0.29, 0.717) is 16.9 Å². The van der Waals surface area contributed by atoms with E-state index in [4.69, 9.17) is 5.73 Å². The zero-order chi connectivity index (χ0) is 14.9. The highest BCUT2D eigenvalue weighted by molar-refractivity contribution is 9.10. The first-order chi connectivity index (χ1) is 9.38. The van der Waals surface area contributed by atoms with Gasteiger partial charge in [0.05, 0.1) is 11.4 Å². The van der Waals surface area contributed by atoms with Crippen LogP contribution in [0.4, 0.5) is 11.4 Å². The van der Waals surface area contributed by atoms with Crippen LogP contribution in [0, 0.1) is 13.8 Å². The topological polar surface area (TPSA) is 55.1 Å². The molecular formula is C15H14Br2N2O. The summed E-state index contributed by atoms with van der Waals surface area (Å²) in [6.45, 7) is 3.81. The number of benzene rings is 2. The predicted octanol–water partition coefficient (Wildman–Crippen LogP) is 4.66. The van der Waals surface area contributed by atoms with Crippen LogP contribution >= 0.6 is 31.9 Å². The van der Waals surface area contributed by atoms with Crippen LogP contribution < -0.4 is 11.1 Å². The maximum Gasteiger partial charge on any atom is 0.256 e. The van der Waals surface area contributed by atoms with Crippen molar-refractivity contribution in [2.45, 2.75) is 13.8 Å². The van der Waals surface area contributed by atoms with Gasteiger partial charge in [0.1, 0.15) is 0 Å². The number of nitrogen functional groups attached to an aromatic ring is 1. The van der Waals surface area contributed by atoms with E-state index in [1.807, 2.05) is 32.0 Å². The number of rotatable bonds is 2. The second-order valence-electron chi connectivity index (χ2n) is 4.60. The van der Waals surface area contributed by atoms with E-state index in [9.17, 15) is 4.79 Å². The van der Waals surface area contributed by atoms with Crippen LogP contribution in [0.5, 0.6) is 0 Å². The van der Waals surface area contributed by atoms with Crippen molar-refractivity contribution in [2.75, 3.05) is 11.1 Å². The van der Waals surface area contributed by atoms with Crippen molar-refractivity contribution in [3.05, 3.63) is 56.0 Å². The van der Waals surface area contributed by atoms with Crippen molar-refractivity contribution in [1.82, 2.24) is 0 Å². The smallest absolute Gasteiger partial charge is 0.256 e. The highest BCUT2D eigenvalue weighted by Crippen LogP contribution is 2.28. The van der Waals surface area contributed by atoms with Gasteiger partial charge in [0.2, 0.25) is 0 Å². The average Bonchev–Trinajstić information content (AvgIpc) is 2.36. The molecule has 0 saturated heterocycles. The van der Waals surface area contributed by atoms with Crippen LogP contribution in [-0.2, 0) is 0 Å². The number of anilines is 2. The Morgan fingerprint density at radius 2 is 1.75 bits per heavy atom. The number of hydrogen-bond acceptors (Lipinski definition) is 2. The summed E-state index contributed by atoms with van der Waals surface area (Å²) in [5, 5.41) is 2.88. The largest absolute Gasteiger partial charge is 0.397 e. The van der Waals surface area contributed by atoms with Crippen molar-refractivity contribution in [3.63, 3.8) is 0 Å². The fourth-order valence-corrected chi connectivity index (χ4v) is 2.91. The maximum absolute atomic E-state index is 12.4. The quantitative estimate of drug-likeness (QED) is 0.723. The highest BCUT2D eigenvalue weighted by atomic mass is 79.9. The lowest BCUT2D eigenvalue weighted by Gasteiger charge is -2.13. The summed E-state index contributed by atoms with van der Waals surface area (Å²) < 4.78 is 1.76. The third kappa shape index (κ3) is 3.22. The zero-order valence-corrected chi connectivity index (χ0v) is 14.3. The lowest BCUT2D eigenvalue weighted by atomic mass is 10.1. The molecule has 0 bridgehead atoms. The number of nitrogens with two attached hydrogens (primary N) is 1. The molecule has 0 heterocycles. The number of halogens is 2. The lowest BCUT2D eigenvalue weighted by molar-refractivity contribution is 0.102. The summed E-state index contributed by atoms with van der Waals surface area (Å²) in [5.41, 5.74) is 9.61. The summed E-state index contributed by atoms with van der Waals surface area (Å²) in [6.07, 6.45) is 0. The van der Waals surface area contributed by atoms with Gasteiger partial charge < -0.3 is 11.1 Å². The van der Waals surface area contributed by atoms with Gasteiger partial charge in [-0.05, 0) is 49.2 Å². The van der Waals surface area contributed by atoms with Gasteiger partial charge in [-0.25, -0.2) is 0 Å². The van der Waals surface area contributed by atoms with Gasteiger partial charge in [-0.2, -0.15) is 0 Å². The number of carbonyl (C=O) groups excluding carboxylic acids is 1. The van der Waals surface area contributed by atoms with Crippen molar-refractivity contribution < 1.29 is 4.79 Å². The molecule has 5 heteroatoms. The summed E-state index contributed by atoms with van der Waals surface area (Å²) >= 11 is 6.76. The van der Waals surface area contributed by atoms with Crippen molar-refractivity contribution in [1.29, 1.82) is 0 Å². The standard InChI is InChI=1S/C15H14Br2N2O/c1-8-3-4-10(16)6-12(8)15(20)19-14-9(2)5-11(17)7-13(14)18/h3-7H,18H2,1-2H3,(H,19,20). The number of carbonyl (C=O) groups is 1. The molecule has 0 spiro atoms. The van der Waals surface area contributed by atoms with Crippen LogP contribution in [0.1, 0.15) is 21.5 Å². The van der Waals surface area contributed by atoms with Gasteiger partial charge >= 0.3 is 0 Å². The van der Waals surface area contributed by atoms with Crippen LogP contribution in [0.2, 0.25) is 0 Å². The van der Waals surface area contributed by atoms with Gasteiger partial charge in [0.25, 0.3) is 5.91 Å². The normalized spacial score (nSPS) is 10.4. The average molecular weight is 398 g/mol. The minimum Gasteiger partial charge on any atom is -0.397 e. The molecule has 0 aliphatic rings. The first-order valence-corrected chi connectivity index (χ1v) is 7.60. The van der Waals surface area contributed by atoms with Gasteiger partial charge in [-0.1, -0.05) is 37.9 Å². The first kappa shape index (κ1) is 15.1. The molecule has 0 radical (unpaired) electrons. The van der Waals surface area contributed by atoms with Gasteiger partial charge in [-0.15, -0.1) is 0 Å². The molecule has 0 aromatic heterocycles. The van der Waals surface area contributed by atoms with E-state index in [0.717, 1.165) is 20.1 Å². The summed E-state index contributed by atoms with van der Waals surface area (Å²) in [4.78, 5) is 12.4. The molecule has 1 amide bonds. The fraction of sp³-hybridized carbons (Fsp3) is 0.133. The Morgan fingerprint density at radius 3 is 2.40 bits per heavy atom. The Morgan fingerprint density at radius 1 is 1.05 bits per heavy atom. The minimum atomic E-state index is -0.166. The molecule has 0 atom stereocenters. The second-order valence-corrected chi connectivity index (χ2v) is 6.43. The summed E-state index contributed by atoms with van der Waals surface area (Å²) in [5.74, 6) is -0.166. The van der Waals surface area contributed by atoms with Gasteiger partial charge in [-0.3, -0.25) is 4.79 Å². The van der Waals surface area contributed by atoms with Gasteiger partial charge in [0, 0.05) is 14.5 Å².